The topological polar surface area (TPSA) is 78.5 Å². The molecule has 1 aliphatic heterocycles. The van der Waals surface area contributed by atoms with Crippen LogP contribution in [-0.2, 0) is 15.1 Å². The summed E-state index contributed by atoms with van der Waals surface area (Å²) in [5.74, 6) is -0.777. The molecule has 7 heteroatoms. The van der Waals surface area contributed by atoms with E-state index in [1.165, 1.54) is 0 Å². The van der Waals surface area contributed by atoms with Crippen LogP contribution in [0, 0.1) is 0 Å². The van der Waals surface area contributed by atoms with Crippen molar-refractivity contribution in [3.63, 3.8) is 0 Å². The number of hydrogen-bond donors (Lipinski definition) is 2. The molecule has 0 bridgehead atoms. The fourth-order valence-electron chi connectivity index (χ4n) is 2.40. The third kappa shape index (κ3) is 3.55. The number of halogens is 1. The number of nitrogens with one attached hydrogen (secondary N) is 2. The molecule has 2 atom stereocenters. The second-order valence-electron chi connectivity index (χ2n) is 5.83. The summed E-state index contributed by atoms with van der Waals surface area (Å²) in [5, 5.41) is 5.44. The van der Waals surface area contributed by atoms with E-state index in [9.17, 15) is 14.4 Å². The highest BCUT2D eigenvalue weighted by Gasteiger charge is 2.49. The van der Waals surface area contributed by atoms with Crippen molar-refractivity contribution in [1.82, 2.24) is 15.5 Å². The highest BCUT2D eigenvalue weighted by molar-refractivity contribution is 9.10. The summed E-state index contributed by atoms with van der Waals surface area (Å²) in [4.78, 5) is 37.8. The van der Waals surface area contributed by atoms with Crippen molar-refractivity contribution in [2.75, 3.05) is 6.54 Å². The zero-order valence-corrected chi connectivity index (χ0v) is 14.9. The molecule has 0 aliphatic carbocycles. The molecular formula is C16H20BrN3O3. The molecule has 0 radical (unpaired) electrons. The maximum Gasteiger partial charge on any atom is 0.325 e. The van der Waals surface area contributed by atoms with Crippen molar-refractivity contribution >= 4 is 33.8 Å². The number of nitrogens with zero attached hydrogens (tertiary/aromatic N) is 1. The van der Waals surface area contributed by atoms with Gasteiger partial charge in [-0.2, -0.15) is 0 Å². The molecule has 2 rings (SSSR count). The summed E-state index contributed by atoms with van der Waals surface area (Å²) < 4.78 is 0.811. The van der Waals surface area contributed by atoms with Gasteiger partial charge in [0.2, 0.25) is 5.91 Å². The fraction of sp³-hybridized carbons (Fsp3) is 0.438. The lowest BCUT2D eigenvalue weighted by molar-refractivity contribution is -0.135. The first-order valence-electron chi connectivity index (χ1n) is 7.47. The summed E-state index contributed by atoms with van der Waals surface area (Å²) in [6.07, 6.45) is 0.779. The van der Waals surface area contributed by atoms with Crippen molar-refractivity contribution in [2.45, 2.75) is 38.8 Å². The van der Waals surface area contributed by atoms with Crippen LogP contribution in [-0.4, -0.2) is 35.3 Å². The van der Waals surface area contributed by atoms with E-state index in [0.29, 0.717) is 5.56 Å². The number of amides is 4. The van der Waals surface area contributed by atoms with Gasteiger partial charge in [-0.25, -0.2) is 4.79 Å². The molecule has 1 heterocycles. The molecule has 4 amide bonds. The van der Waals surface area contributed by atoms with Crippen LogP contribution >= 0.6 is 15.9 Å². The van der Waals surface area contributed by atoms with Gasteiger partial charge in [-0.05, 0) is 38.0 Å². The van der Waals surface area contributed by atoms with Crippen molar-refractivity contribution in [1.29, 1.82) is 0 Å². The van der Waals surface area contributed by atoms with E-state index in [0.717, 1.165) is 15.8 Å². The van der Waals surface area contributed by atoms with E-state index in [-0.39, 0.29) is 18.5 Å². The standard InChI is InChI=1S/C16H20BrN3O3/c1-4-10(2)18-13(21)9-20-14(22)16(3,19-15(20)23)11-6-5-7-12(17)8-11/h5-8,10H,4,9H2,1-3H3,(H,18,21)(H,19,23)/t10-,16+/m1/s1. The molecule has 1 aliphatic rings. The molecule has 124 valence electrons. The van der Waals surface area contributed by atoms with Gasteiger partial charge in [-0.1, -0.05) is 35.0 Å². The van der Waals surface area contributed by atoms with Crippen molar-refractivity contribution in [2.24, 2.45) is 0 Å². The van der Waals surface area contributed by atoms with Crippen LogP contribution in [0.1, 0.15) is 32.8 Å². The van der Waals surface area contributed by atoms with Crippen LogP contribution in [0.15, 0.2) is 28.7 Å². The van der Waals surface area contributed by atoms with E-state index in [1.54, 1.807) is 25.1 Å². The molecule has 0 saturated carbocycles. The van der Waals surface area contributed by atoms with Gasteiger partial charge in [0.05, 0.1) is 0 Å². The minimum absolute atomic E-state index is 0.000251. The van der Waals surface area contributed by atoms with Gasteiger partial charge in [-0.3, -0.25) is 14.5 Å². The van der Waals surface area contributed by atoms with Crippen LogP contribution in [0.2, 0.25) is 0 Å². The SMILES string of the molecule is CC[C@@H](C)NC(=O)CN1C(=O)N[C@@](C)(c2cccc(Br)c2)C1=O. The zero-order chi connectivity index (χ0) is 17.2. The lowest BCUT2D eigenvalue weighted by atomic mass is 9.92. The molecule has 0 unspecified atom stereocenters. The number of hydrogen-bond acceptors (Lipinski definition) is 3. The third-order valence-electron chi connectivity index (χ3n) is 4.00. The van der Waals surface area contributed by atoms with Crippen LogP contribution in [0.4, 0.5) is 4.79 Å². The monoisotopic (exact) mass is 381 g/mol. The second kappa shape index (κ2) is 6.70. The number of carbonyl (C=O) groups is 3. The Morgan fingerprint density at radius 1 is 1.43 bits per heavy atom. The minimum atomic E-state index is -1.17. The van der Waals surface area contributed by atoms with Gasteiger partial charge in [0.25, 0.3) is 5.91 Å². The second-order valence-corrected chi connectivity index (χ2v) is 6.75. The number of imide groups is 1. The Hall–Kier alpha value is -1.89. The molecular weight excluding hydrogens is 362 g/mol. The zero-order valence-electron chi connectivity index (χ0n) is 13.4. The van der Waals surface area contributed by atoms with Crippen LogP contribution in [0.25, 0.3) is 0 Å². The molecule has 0 aromatic heterocycles. The maximum absolute atomic E-state index is 12.7. The highest BCUT2D eigenvalue weighted by atomic mass is 79.9. The van der Waals surface area contributed by atoms with Gasteiger partial charge in [-0.15, -0.1) is 0 Å². The largest absolute Gasteiger partial charge is 0.352 e. The lowest BCUT2D eigenvalue weighted by Crippen LogP contribution is -2.44. The Balaban J connectivity index is 2.18. The summed E-state index contributed by atoms with van der Waals surface area (Å²) in [7, 11) is 0. The summed E-state index contributed by atoms with van der Waals surface area (Å²) in [6, 6.07) is 6.62. The predicted octanol–water partition coefficient (Wildman–Crippen LogP) is 2.13. The maximum atomic E-state index is 12.7. The quantitative estimate of drug-likeness (QED) is 0.766. The summed E-state index contributed by atoms with van der Waals surface area (Å²) in [5.41, 5.74) is -0.507. The number of benzene rings is 1. The van der Waals surface area contributed by atoms with E-state index < -0.39 is 17.5 Å². The van der Waals surface area contributed by atoms with E-state index in [1.807, 2.05) is 19.9 Å². The number of urea groups is 1. The molecule has 0 spiro atoms. The van der Waals surface area contributed by atoms with Gasteiger partial charge in [0.1, 0.15) is 12.1 Å². The van der Waals surface area contributed by atoms with Gasteiger partial charge < -0.3 is 10.6 Å². The normalized spacial score (nSPS) is 22.0. The van der Waals surface area contributed by atoms with Gasteiger partial charge in [0, 0.05) is 10.5 Å². The van der Waals surface area contributed by atoms with E-state index >= 15 is 0 Å². The first kappa shape index (κ1) is 17.5. The molecule has 2 N–H and O–H groups in total. The summed E-state index contributed by atoms with van der Waals surface area (Å²) in [6.45, 7) is 5.18. The van der Waals surface area contributed by atoms with Crippen molar-refractivity contribution in [3.8, 4) is 0 Å². The van der Waals surface area contributed by atoms with Crippen LogP contribution < -0.4 is 10.6 Å². The Morgan fingerprint density at radius 3 is 2.74 bits per heavy atom. The predicted molar refractivity (Wildman–Crippen MR) is 89.6 cm³/mol. The number of rotatable bonds is 5. The van der Waals surface area contributed by atoms with Crippen molar-refractivity contribution < 1.29 is 14.4 Å². The Bertz CT molecular complexity index is 649. The molecule has 23 heavy (non-hydrogen) atoms. The first-order valence-corrected chi connectivity index (χ1v) is 8.26. The average Bonchev–Trinajstić information content (AvgIpc) is 2.71. The lowest BCUT2D eigenvalue weighted by Gasteiger charge is -2.22. The van der Waals surface area contributed by atoms with E-state index in [4.69, 9.17) is 0 Å². The fourth-order valence-corrected chi connectivity index (χ4v) is 2.80. The van der Waals surface area contributed by atoms with Gasteiger partial charge in [0.15, 0.2) is 0 Å². The smallest absolute Gasteiger partial charge is 0.325 e. The van der Waals surface area contributed by atoms with Crippen LogP contribution in [0.3, 0.4) is 0 Å². The van der Waals surface area contributed by atoms with Crippen LogP contribution in [0.5, 0.6) is 0 Å². The minimum Gasteiger partial charge on any atom is -0.352 e. The Labute approximate surface area is 143 Å². The first-order chi connectivity index (χ1) is 10.8. The molecule has 1 aromatic rings. The van der Waals surface area contributed by atoms with Gasteiger partial charge >= 0.3 is 6.03 Å². The Kier molecular flexibility index (Phi) is 5.09. The molecule has 6 nitrogen and oxygen atoms in total. The van der Waals surface area contributed by atoms with Crippen molar-refractivity contribution in [3.05, 3.63) is 34.3 Å². The Morgan fingerprint density at radius 2 is 2.13 bits per heavy atom. The molecule has 1 fully saturated rings. The molecule has 1 saturated heterocycles. The average molecular weight is 382 g/mol. The van der Waals surface area contributed by atoms with E-state index in [2.05, 4.69) is 26.6 Å². The highest BCUT2D eigenvalue weighted by Crippen LogP contribution is 2.30. The third-order valence-corrected chi connectivity index (χ3v) is 4.49. The summed E-state index contributed by atoms with van der Waals surface area (Å²) >= 11 is 3.36. The molecule has 1 aromatic carbocycles. The number of carbonyl (C=O) groups excluding carboxylic acids is 3.